The Kier molecular flexibility index (Phi) is 9.31. The van der Waals surface area contributed by atoms with Gasteiger partial charge >= 0.3 is 12.3 Å². The first kappa shape index (κ1) is 29.6. The molecule has 3 amide bonds. The number of carbonyl (C=O) groups excluding carboxylic acids is 3. The van der Waals surface area contributed by atoms with Crippen molar-refractivity contribution in [1.82, 2.24) is 10.2 Å². The van der Waals surface area contributed by atoms with Crippen molar-refractivity contribution in [2.75, 3.05) is 13.7 Å². The zero-order chi connectivity index (χ0) is 29.6. The molecule has 1 aliphatic heterocycles. The van der Waals surface area contributed by atoms with Crippen molar-refractivity contribution in [2.45, 2.75) is 44.9 Å². The fraction of sp³-hybridized carbons (Fsp3) is 0.323. The number of nitrogens with one attached hydrogen (secondary N) is 1. The van der Waals surface area contributed by atoms with Crippen LogP contribution in [0.4, 0.5) is 18.0 Å². The predicted octanol–water partition coefficient (Wildman–Crippen LogP) is 5.80. The number of halogens is 3. The van der Waals surface area contributed by atoms with Gasteiger partial charge in [-0.25, -0.2) is 9.69 Å². The third kappa shape index (κ3) is 7.25. The van der Waals surface area contributed by atoms with Gasteiger partial charge in [0.05, 0.1) is 24.3 Å². The van der Waals surface area contributed by atoms with Crippen molar-refractivity contribution in [2.24, 2.45) is 5.92 Å². The summed E-state index contributed by atoms with van der Waals surface area (Å²) in [5.74, 6) is -1.03. The van der Waals surface area contributed by atoms with Gasteiger partial charge in [-0.2, -0.15) is 13.2 Å². The smallest absolute Gasteiger partial charge is 0.416 e. The first-order valence-electron chi connectivity index (χ1n) is 13.3. The van der Waals surface area contributed by atoms with Crippen molar-refractivity contribution in [3.63, 3.8) is 0 Å². The van der Waals surface area contributed by atoms with Gasteiger partial charge in [0.25, 0.3) is 5.91 Å². The standard InChI is InChI=1S/C31H31F3N2O5/c1-3-23(29(38)36-25(19-41-30(36)39)16-20-7-5-4-6-8-20)15-22-11-14-27(40-2)26(17-22)28(37)35-18-21-9-12-24(13-10-21)31(32,33)34/h4-14,17,23,25H,3,15-16,18-19H2,1-2H3,(H,35,37)/t23-,25?/m0/s1. The van der Waals surface area contributed by atoms with Gasteiger partial charge in [0.15, 0.2) is 0 Å². The number of hydrogen-bond donors (Lipinski definition) is 1. The lowest BCUT2D eigenvalue weighted by Crippen LogP contribution is -2.44. The Balaban J connectivity index is 1.45. The molecule has 216 valence electrons. The van der Waals surface area contributed by atoms with E-state index in [2.05, 4.69) is 5.32 Å². The molecule has 1 unspecified atom stereocenters. The van der Waals surface area contributed by atoms with Crippen molar-refractivity contribution in [3.05, 3.63) is 101 Å². The third-order valence-electron chi connectivity index (χ3n) is 7.08. The molecule has 41 heavy (non-hydrogen) atoms. The van der Waals surface area contributed by atoms with E-state index >= 15 is 0 Å². The number of imide groups is 1. The summed E-state index contributed by atoms with van der Waals surface area (Å²) in [5, 5.41) is 2.71. The number of methoxy groups -OCH3 is 1. The van der Waals surface area contributed by atoms with E-state index in [1.165, 1.54) is 24.1 Å². The van der Waals surface area contributed by atoms with E-state index in [1.807, 2.05) is 37.3 Å². The largest absolute Gasteiger partial charge is 0.496 e. The van der Waals surface area contributed by atoms with Crippen molar-refractivity contribution < 1.29 is 37.0 Å². The molecule has 0 aliphatic carbocycles. The Bertz CT molecular complexity index is 1380. The van der Waals surface area contributed by atoms with Crippen LogP contribution in [0.5, 0.6) is 5.75 Å². The van der Waals surface area contributed by atoms with Crippen molar-refractivity contribution in [3.8, 4) is 5.75 Å². The highest BCUT2D eigenvalue weighted by atomic mass is 19.4. The molecule has 4 rings (SSSR count). The van der Waals surface area contributed by atoms with E-state index in [1.54, 1.807) is 18.2 Å². The molecule has 1 N–H and O–H groups in total. The Morgan fingerprint density at radius 3 is 2.34 bits per heavy atom. The van der Waals surface area contributed by atoms with Crippen LogP contribution in [0.25, 0.3) is 0 Å². The highest BCUT2D eigenvalue weighted by Crippen LogP contribution is 2.29. The van der Waals surface area contributed by atoms with Crippen LogP contribution in [0.15, 0.2) is 72.8 Å². The first-order valence-corrected chi connectivity index (χ1v) is 13.3. The first-order chi connectivity index (χ1) is 19.6. The lowest BCUT2D eigenvalue weighted by Gasteiger charge is -2.24. The number of nitrogens with zero attached hydrogens (tertiary/aromatic N) is 1. The van der Waals surface area contributed by atoms with Gasteiger partial charge in [0.1, 0.15) is 12.4 Å². The van der Waals surface area contributed by atoms with Gasteiger partial charge in [0, 0.05) is 12.5 Å². The zero-order valence-corrected chi connectivity index (χ0v) is 22.7. The summed E-state index contributed by atoms with van der Waals surface area (Å²) < 4.78 is 49.1. The molecule has 2 atom stereocenters. The molecular weight excluding hydrogens is 537 g/mol. The number of ether oxygens (including phenoxy) is 2. The summed E-state index contributed by atoms with van der Waals surface area (Å²) in [6.45, 7) is 2.00. The van der Waals surface area contributed by atoms with Crippen LogP contribution >= 0.6 is 0 Å². The molecule has 0 bridgehead atoms. The molecular formula is C31H31F3N2O5. The maximum Gasteiger partial charge on any atom is 0.416 e. The second-order valence-corrected chi connectivity index (χ2v) is 9.85. The number of amides is 3. The average Bonchev–Trinajstić information content (AvgIpc) is 3.33. The van der Waals surface area contributed by atoms with Gasteiger partial charge in [-0.15, -0.1) is 0 Å². The lowest BCUT2D eigenvalue weighted by atomic mass is 9.93. The van der Waals surface area contributed by atoms with Crippen molar-refractivity contribution >= 4 is 17.9 Å². The molecule has 3 aromatic rings. The van der Waals surface area contributed by atoms with Crippen LogP contribution in [0.1, 0.15) is 46.0 Å². The quantitative estimate of drug-likeness (QED) is 0.334. The van der Waals surface area contributed by atoms with E-state index in [0.29, 0.717) is 29.7 Å². The Labute approximate surface area is 236 Å². The SMILES string of the molecule is CC[C@@H](Cc1ccc(OC)c(C(=O)NCc2ccc(C(F)(F)F)cc2)c1)C(=O)N1C(=O)OCC1Cc1ccccc1. The number of benzene rings is 3. The minimum atomic E-state index is -4.44. The number of rotatable bonds is 10. The summed E-state index contributed by atoms with van der Waals surface area (Å²) in [7, 11) is 1.42. The Morgan fingerprint density at radius 2 is 1.71 bits per heavy atom. The molecule has 0 spiro atoms. The molecule has 0 radical (unpaired) electrons. The van der Waals surface area contributed by atoms with E-state index in [4.69, 9.17) is 9.47 Å². The number of hydrogen-bond acceptors (Lipinski definition) is 5. The topological polar surface area (TPSA) is 84.9 Å². The molecule has 3 aromatic carbocycles. The summed E-state index contributed by atoms with van der Waals surface area (Å²) >= 11 is 0. The van der Waals surface area contributed by atoms with Gasteiger partial charge in [-0.3, -0.25) is 9.59 Å². The zero-order valence-electron chi connectivity index (χ0n) is 22.7. The summed E-state index contributed by atoms with van der Waals surface area (Å²) in [6.07, 6.45) is -3.87. The number of alkyl halides is 3. The fourth-order valence-corrected chi connectivity index (χ4v) is 4.80. The molecule has 1 aliphatic rings. The highest BCUT2D eigenvalue weighted by molar-refractivity contribution is 5.97. The van der Waals surface area contributed by atoms with Crippen LogP contribution < -0.4 is 10.1 Å². The fourth-order valence-electron chi connectivity index (χ4n) is 4.80. The monoisotopic (exact) mass is 568 g/mol. The summed E-state index contributed by atoms with van der Waals surface area (Å²) in [4.78, 5) is 40.3. The van der Waals surface area contributed by atoms with Gasteiger partial charge in [0.2, 0.25) is 5.91 Å². The van der Waals surface area contributed by atoms with Crippen molar-refractivity contribution in [1.29, 1.82) is 0 Å². The van der Waals surface area contributed by atoms with Crippen LogP contribution in [0, 0.1) is 5.92 Å². The summed E-state index contributed by atoms with van der Waals surface area (Å²) in [6, 6.07) is 18.7. The van der Waals surface area contributed by atoms with Gasteiger partial charge < -0.3 is 14.8 Å². The van der Waals surface area contributed by atoms with Gasteiger partial charge in [-0.1, -0.05) is 55.5 Å². The number of carbonyl (C=O) groups is 3. The molecule has 1 heterocycles. The number of cyclic esters (lactones) is 1. The Hall–Kier alpha value is -4.34. The average molecular weight is 569 g/mol. The van der Waals surface area contributed by atoms with Gasteiger partial charge in [-0.05, 0) is 60.2 Å². The van der Waals surface area contributed by atoms with Crippen LogP contribution in [0.2, 0.25) is 0 Å². The summed E-state index contributed by atoms with van der Waals surface area (Å²) in [5.41, 5.74) is 1.64. The predicted molar refractivity (Wildman–Crippen MR) is 145 cm³/mol. The van der Waals surface area contributed by atoms with E-state index < -0.39 is 35.7 Å². The van der Waals surface area contributed by atoms with Crippen LogP contribution in [-0.2, 0) is 35.1 Å². The molecule has 1 saturated heterocycles. The maximum atomic E-state index is 13.5. The van der Waals surface area contributed by atoms with Crippen LogP contribution in [0.3, 0.4) is 0 Å². The molecule has 0 saturated carbocycles. The minimum absolute atomic E-state index is 0.0142. The van der Waals surface area contributed by atoms with Crippen LogP contribution in [-0.4, -0.2) is 42.6 Å². The third-order valence-corrected chi connectivity index (χ3v) is 7.08. The second kappa shape index (κ2) is 12.9. The minimum Gasteiger partial charge on any atom is -0.496 e. The molecule has 1 fully saturated rings. The Morgan fingerprint density at radius 1 is 1.02 bits per heavy atom. The van der Waals surface area contributed by atoms with E-state index in [9.17, 15) is 27.6 Å². The molecule has 10 heteroatoms. The van der Waals surface area contributed by atoms with E-state index in [-0.39, 0.29) is 31.0 Å². The lowest BCUT2D eigenvalue weighted by molar-refractivity contribution is -0.137. The maximum absolute atomic E-state index is 13.5. The van der Waals surface area contributed by atoms with E-state index in [0.717, 1.165) is 17.7 Å². The highest BCUT2D eigenvalue weighted by Gasteiger charge is 2.40. The molecule has 7 nitrogen and oxygen atoms in total. The second-order valence-electron chi connectivity index (χ2n) is 9.85. The molecule has 0 aromatic heterocycles. The normalized spacial score (nSPS) is 15.8.